The van der Waals surface area contributed by atoms with Gasteiger partial charge in [-0.1, -0.05) is 6.07 Å². The van der Waals surface area contributed by atoms with Crippen molar-refractivity contribution in [2.75, 3.05) is 0 Å². The Balaban J connectivity index is 2.26. The first-order valence-corrected chi connectivity index (χ1v) is 5.72. The zero-order chi connectivity index (χ0) is 14.9. The lowest BCUT2D eigenvalue weighted by atomic mass is 9.99. The lowest BCUT2D eigenvalue weighted by Crippen LogP contribution is -2.15. The third kappa shape index (κ3) is 2.96. The standard InChI is InChI=1S/C14H10F5N/c15-9-2-1-7(10(16)6-9)5-13(20)8-3-11(17)14(19)12(18)4-8/h1-4,6,13H,5,20H2. The first-order valence-electron chi connectivity index (χ1n) is 5.72. The van der Waals surface area contributed by atoms with Crippen LogP contribution >= 0.6 is 0 Å². The molecule has 2 aromatic carbocycles. The van der Waals surface area contributed by atoms with Gasteiger partial charge in [-0.3, -0.25) is 0 Å². The molecule has 106 valence electrons. The van der Waals surface area contributed by atoms with Gasteiger partial charge in [0.1, 0.15) is 11.6 Å². The fraction of sp³-hybridized carbons (Fsp3) is 0.143. The van der Waals surface area contributed by atoms with Gasteiger partial charge >= 0.3 is 0 Å². The molecule has 0 aliphatic carbocycles. The van der Waals surface area contributed by atoms with E-state index in [4.69, 9.17) is 5.73 Å². The van der Waals surface area contributed by atoms with Crippen molar-refractivity contribution in [3.63, 3.8) is 0 Å². The lowest BCUT2D eigenvalue weighted by molar-refractivity contribution is 0.443. The predicted octanol–water partition coefficient (Wildman–Crippen LogP) is 3.62. The molecule has 1 nitrogen and oxygen atoms in total. The van der Waals surface area contributed by atoms with Crippen molar-refractivity contribution in [2.45, 2.75) is 12.5 Å². The van der Waals surface area contributed by atoms with Gasteiger partial charge < -0.3 is 5.73 Å². The van der Waals surface area contributed by atoms with E-state index in [1.54, 1.807) is 0 Å². The minimum Gasteiger partial charge on any atom is -0.324 e. The molecule has 1 atom stereocenters. The van der Waals surface area contributed by atoms with Gasteiger partial charge in [-0.05, 0) is 35.7 Å². The van der Waals surface area contributed by atoms with Crippen molar-refractivity contribution in [1.29, 1.82) is 0 Å². The maximum atomic E-state index is 13.4. The Morgan fingerprint density at radius 3 is 2.00 bits per heavy atom. The number of rotatable bonds is 3. The van der Waals surface area contributed by atoms with Crippen LogP contribution in [-0.4, -0.2) is 0 Å². The van der Waals surface area contributed by atoms with Crippen LogP contribution in [0.2, 0.25) is 0 Å². The summed E-state index contributed by atoms with van der Waals surface area (Å²) >= 11 is 0. The smallest absolute Gasteiger partial charge is 0.194 e. The highest BCUT2D eigenvalue weighted by Crippen LogP contribution is 2.22. The number of hydrogen-bond donors (Lipinski definition) is 1. The Hall–Kier alpha value is -1.95. The molecule has 0 aliphatic heterocycles. The molecule has 2 rings (SSSR count). The van der Waals surface area contributed by atoms with Crippen molar-refractivity contribution in [1.82, 2.24) is 0 Å². The van der Waals surface area contributed by atoms with Gasteiger partial charge in [0.25, 0.3) is 0 Å². The summed E-state index contributed by atoms with van der Waals surface area (Å²) in [7, 11) is 0. The van der Waals surface area contributed by atoms with Gasteiger partial charge in [0.05, 0.1) is 0 Å². The summed E-state index contributed by atoms with van der Waals surface area (Å²) < 4.78 is 65.2. The van der Waals surface area contributed by atoms with Gasteiger partial charge in [-0.2, -0.15) is 0 Å². The highest BCUT2D eigenvalue weighted by molar-refractivity contribution is 5.26. The molecular weight excluding hydrogens is 277 g/mol. The SMILES string of the molecule is NC(Cc1ccc(F)cc1F)c1cc(F)c(F)c(F)c1. The molecule has 0 aliphatic rings. The van der Waals surface area contributed by atoms with E-state index in [1.165, 1.54) is 6.07 Å². The first kappa shape index (κ1) is 14.5. The first-order chi connectivity index (χ1) is 9.38. The predicted molar refractivity (Wildman–Crippen MR) is 63.3 cm³/mol. The number of halogens is 5. The average Bonchev–Trinajstić information content (AvgIpc) is 2.38. The zero-order valence-electron chi connectivity index (χ0n) is 10.1. The van der Waals surface area contributed by atoms with E-state index >= 15 is 0 Å². The Morgan fingerprint density at radius 2 is 1.45 bits per heavy atom. The van der Waals surface area contributed by atoms with Crippen molar-refractivity contribution in [2.24, 2.45) is 5.73 Å². The monoisotopic (exact) mass is 287 g/mol. The summed E-state index contributed by atoms with van der Waals surface area (Å²) in [5.74, 6) is -5.86. The molecule has 20 heavy (non-hydrogen) atoms. The van der Waals surface area contributed by atoms with Gasteiger partial charge in [-0.25, -0.2) is 22.0 Å². The second-order valence-electron chi connectivity index (χ2n) is 4.34. The maximum absolute atomic E-state index is 13.4. The van der Waals surface area contributed by atoms with Gasteiger partial charge in [-0.15, -0.1) is 0 Å². The van der Waals surface area contributed by atoms with Crippen molar-refractivity contribution in [3.8, 4) is 0 Å². The maximum Gasteiger partial charge on any atom is 0.194 e. The molecule has 2 N–H and O–H groups in total. The summed E-state index contributed by atoms with van der Waals surface area (Å²) in [4.78, 5) is 0. The van der Waals surface area contributed by atoms with E-state index in [-0.39, 0.29) is 17.5 Å². The molecule has 6 heteroatoms. The number of benzene rings is 2. The highest BCUT2D eigenvalue weighted by Gasteiger charge is 2.16. The minimum absolute atomic E-state index is 0.00914. The van der Waals surface area contributed by atoms with Crippen LogP contribution in [-0.2, 0) is 6.42 Å². The number of nitrogens with two attached hydrogens (primary N) is 1. The van der Waals surface area contributed by atoms with Crippen molar-refractivity contribution in [3.05, 3.63) is 70.5 Å². The summed E-state index contributed by atoms with van der Waals surface area (Å²) in [5, 5.41) is 0. The Kier molecular flexibility index (Phi) is 4.04. The Labute approximate surface area is 111 Å². The van der Waals surface area contributed by atoms with Crippen molar-refractivity contribution >= 4 is 0 Å². The second-order valence-corrected chi connectivity index (χ2v) is 4.34. The van der Waals surface area contributed by atoms with Gasteiger partial charge in [0.2, 0.25) is 0 Å². The van der Waals surface area contributed by atoms with Crippen molar-refractivity contribution < 1.29 is 22.0 Å². The fourth-order valence-corrected chi connectivity index (χ4v) is 1.83. The van der Waals surface area contributed by atoms with Crippen LogP contribution in [0.1, 0.15) is 17.2 Å². The molecule has 0 fully saturated rings. The van der Waals surface area contributed by atoms with Crippen LogP contribution in [0.4, 0.5) is 22.0 Å². The highest BCUT2D eigenvalue weighted by atomic mass is 19.2. The van der Waals surface area contributed by atoms with E-state index in [2.05, 4.69) is 0 Å². The van der Waals surface area contributed by atoms with E-state index in [0.717, 1.165) is 18.2 Å². The van der Waals surface area contributed by atoms with E-state index in [1.807, 2.05) is 0 Å². The molecule has 0 saturated heterocycles. The van der Waals surface area contributed by atoms with Crippen LogP contribution < -0.4 is 5.73 Å². The number of hydrogen-bond acceptors (Lipinski definition) is 1. The van der Waals surface area contributed by atoms with E-state index < -0.39 is 35.1 Å². The van der Waals surface area contributed by atoms with Crippen LogP contribution in [0, 0.1) is 29.1 Å². The molecule has 0 bridgehead atoms. The fourth-order valence-electron chi connectivity index (χ4n) is 1.83. The quantitative estimate of drug-likeness (QED) is 0.677. The molecule has 2 aromatic rings. The molecular formula is C14H10F5N. The molecule has 0 radical (unpaired) electrons. The summed E-state index contributed by atoms with van der Waals surface area (Å²) in [5.41, 5.74) is 5.80. The van der Waals surface area contributed by atoms with Crippen LogP contribution in [0.5, 0.6) is 0 Å². The van der Waals surface area contributed by atoms with Crippen LogP contribution in [0.15, 0.2) is 30.3 Å². The zero-order valence-corrected chi connectivity index (χ0v) is 10.1. The van der Waals surface area contributed by atoms with E-state index in [9.17, 15) is 22.0 Å². The van der Waals surface area contributed by atoms with Crippen LogP contribution in [0.25, 0.3) is 0 Å². The minimum atomic E-state index is -1.59. The summed E-state index contributed by atoms with van der Waals surface area (Å²) in [6.45, 7) is 0. The normalized spacial score (nSPS) is 12.5. The molecule has 0 heterocycles. The molecule has 0 aromatic heterocycles. The third-order valence-corrected chi connectivity index (χ3v) is 2.89. The average molecular weight is 287 g/mol. The molecule has 1 unspecified atom stereocenters. The Bertz CT molecular complexity index is 618. The third-order valence-electron chi connectivity index (χ3n) is 2.89. The molecule has 0 saturated carbocycles. The summed E-state index contributed by atoms with van der Waals surface area (Å²) in [6.07, 6.45) is -0.101. The lowest BCUT2D eigenvalue weighted by Gasteiger charge is -2.13. The topological polar surface area (TPSA) is 26.0 Å². The van der Waals surface area contributed by atoms with Gasteiger partial charge in [0, 0.05) is 12.1 Å². The molecule has 0 spiro atoms. The second kappa shape index (κ2) is 5.58. The van der Waals surface area contributed by atoms with Crippen LogP contribution in [0.3, 0.4) is 0 Å². The van der Waals surface area contributed by atoms with Gasteiger partial charge in [0.15, 0.2) is 17.5 Å². The Morgan fingerprint density at radius 1 is 0.850 bits per heavy atom. The van der Waals surface area contributed by atoms with E-state index in [0.29, 0.717) is 6.07 Å². The summed E-state index contributed by atoms with van der Waals surface area (Å²) in [6, 6.07) is 3.50. The largest absolute Gasteiger partial charge is 0.324 e. The molecule has 0 amide bonds.